The van der Waals surface area contributed by atoms with Crippen LogP contribution in [0.25, 0.3) is 16.6 Å². The average Bonchev–Trinajstić information content (AvgIpc) is 3.10. The van der Waals surface area contributed by atoms with Gasteiger partial charge in [0, 0.05) is 25.0 Å². The summed E-state index contributed by atoms with van der Waals surface area (Å²) in [5.74, 6) is 1.26. The summed E-state index contributed by atoms with van der Waals surface area (Å²) in [5, 5.41) is 0. The number of hydrogen-bond donors (Lipinski definition) is 1. The van der Waals surface area contributed by atoms with Crippen molar-refractivity contribution in [1.29, 1.82) is 0 Å². The van der Waals surface area contributed by atoms with E-state index < -0.39 is 0 Å². The highest BCUT2D eigenvalue weighted by molar-refractivity contribution is 6.44. The van der Waals surface area contributed by atoms with E-state index in [2.05, 4.69) is 15.0 Å². The van der Waals surface area contributed by atoms with E-state index in [1.165, 1.54) is 12.8 Å². The Hall–Kier alpha value is -2.89. The van der Waals surface area contributed by atoms with Crippen LogP contribution in [-0.4, -0.2) is 40.1 Å². The quantitative estimate of drug-likeness (QED) is 0.934. The van der Waals surface area contributed by atoms with Crippen LogP contribution in [0.15, 0.2) is 41.9 Å². The van der Waals surface area contributed by atoms with Gasteiger partial charge in [0.2, 0.25) is 0 Å². The van der Waals surface area contributed by atoms with Crippen LogP contribution >= 0.6 is 0 Å². The lowest BCUT2D eigenvalue weighted by atomic mass is 9.86. The first-order valence-corrected chi connectivity index (χ1v) is 8.55. The average molecular weight is 334 g/mol. The summed E-state index contributed by atoms with van der Waals surface area (Å²) >= 11 is 0. The van der Waals surface area contributed by atoms with E-state index in [4.69, 9.17) is 4.74 Å². The number of ether oxygens (including phenoxy) is 1. The molecule has 2 aliphatic heterocycles. The van der Waals surface area contributed by atoms with Crippen LogP contribution < -0.4 is 4.74 Å². The molecular formula is C19H18N4O2. The molecule has 1 unspecified atom stereocenters. The molecule has 25 heavy (non-hydrogen) atoms. The van der Waals surface area contributed by atoms with Gasteiger partial charge in [0.05, 0.1) is 24.4 Å². The first-order chi connectivity index (χ1) is 12.2. The van der Waals surface area contributed by atoms with E-state index in [9.17, 15) is 4.79 Å². The number of fused-ring (bicyclic) bond motifs is 2. The lowest BCUT2D eigenvalue weighted by Gasteiger charge is -2.27. The second-order valence-corrected chi connectivity index (χ2v) is 6.83. The lowest BCUT2D eigenvalue weighted by molar-refractivity contribution is -0.121. The summed E-state index contributed by atoms with van der Waals surface area (Å²) in [4.78, 5) is 25.8. The third-order valence-electron chi connectivity index (χ3n) is 5.01. The molecule has 5 rings (SSSR count). The Kier molecular flexibility index (Phi) is 3.07. The summed E-state index contributed by atoms with van der Waals surface area (Å²) in [6.45, 7) is 0.711. The SMILES string of the molecule is CN1C=C(c2ccc3[nH]cnc3c2OCC2CC2)C2C=CN=C2C1=O. The monoisotopic (exact) mass is 334 g/mol. The summed E-state index contributed by atoms with van der Waals surface area (Å²) in [6, 6.07) is 4.05. The van der Waals surface area contributed by atoms with Crippen LogP contribution in [0.2, 0.25) is 0 Å². The van der Waals surface area contributed by atoms with Crippen molar-refractivity contribution in [2.45, 2.75) is 12.8 Å². The fourth-order valence-electron chi connectivity index (χ4n) is 3.43. The van der Waals surface area contributed by atoms with Gasteiger partial charge in [0.15, 0.2) is 5.75 Å². The molecule has 0 spiro atoms. The molecule has 1 fully saturated rings. The van der Waals surface area contributed by atoms with Crippen LogP contribution in [0, 0.1) is 11.8 Å². The Bertz CT molecular complexity index is 965. The predicted molar refractivity (Wildman–Crippen MR) is 95.1 cm³/mol. The normalized spacial score (nSPS) is 22.2. The van der Waals surface area contributed by atoms with E-state index in [0.29, 0.717) is 18.2 Å². The molecule has 0 saturated heterocycles. The highest BCUT2D eigenvalue weighted by atomic mass is 16.5. The molecule has 1 N–H and O–H groups in total. The fourth-order valence-corrected chi connectivity index (χ4v) is 3.43. The topological polar surface area (TPSA) is 70.6 Å². The van der Waals surface area contributed by atoms with Crippen LogP contribution in [0.4, 0.5) is 0 Å². The zero-order chi connectivity index (χ0) is 17.0. The maximum absolute atomic E-state index is 12.3. The molecule has 2 aromatic rings. The number of carbonyl (C=O) groups excluding carboxylic acids is 1. The number of nitrogens with one attached hydrogen (secondary N) is 1. The van der Waals surface area contributed by atoms with Crippen LogP contribution in [0.5, 0.6) is 5.75 Å². The molecule has 0 radical (unpaired) electrons. The van der Waals surface area contributed by atoms with Crippen molar-refractivity contribution in [1.82, 2.24) is 14.9 Å². The van der Waals surface area contributed by atoms with Crippen LogP contribution in [0.3, 0.4) is 0 Å². The zero-order valence-electron chi connectivity index (χ0n) is 13.9. The van der Waals surface area contributed by atoms with Gasteiger partial charge in [-0.3, -0.25) is 9.79 Å². The third-order valence-corrected chi connectivity index (χ3v) is 5.01. The fraction of sp³-hybridized carbons (Fsp3) is 0.316. The van der Waals surface area contributed by atoms with Crippen molar-refractivity contribution < 1.29 is 9.53 Å². The number of allylic oxidation sites excluding steroid dienone is 2. The first kappa shape index (κ1) is 14.5. The van der Waals surface area contributed by atoms with E-state index in [0.717, 1.165) is 27.9 Å². The molecule has 1 amide bonds. The van der Waals surface area contributed by atoms with Crippen LogP contribution in [-0.2, 0) is 4.79 Å². The van der Waals surface area contributed by atoms with Gasteiger partial charge < -0.3 is 14.6 Å². The van der Waals surface area contributed by atoms with Gasteiger partial charge in [-0.1, -0.05) is 6.08 Å². The molecule has 1 aromatic carbocycles. The number of aliphatic imine (C=N–C) groups is 1. The van der Waals surface area contributed by atoms with Gasteiger partial charge in [0.1, 0.15) is 11.2 Å². The number of nitrogens with zero attached hydrogens (tertiary/aromatic N) is 3. The third kappa shape index (κ3) is 2.28. The molecule has 3 heterocycles. The minimum atomic E-state index is -0.122. The van der Waals surface area contributed by atoms with Crippen molar-refractivity contribution in [2.24, 2.45) is 16.8 Å². The number of rotatable bonds is 4. The molecule has 6 nitrogen and oxygen atoms in total. The van der Waals surface area contributed by atoms with E-state index in [1.54, 1.807) is 24.5 Å². The second kappa shape index (κ2) is 5.31. The summed E-state index contributed by atoms with van der Waals surface area (Å²) in [7, 11) is 1.76. The summed E-state index contributed by atoms with van der Waals surface area (Å²) in [5.41, 5.74) is 4.34. The minimum absolute atomic E-state index is 0.0555. The van der Waals surface area contributed by atoms with Gasteiger partial charge in [-0.2, -0.15) is 0 Å². The second-order valence-electron chi connectivity index (χ2n) is 6.83. The highest BCUT2D eigenvalue weighted by Gasteiger charge is 2.35. The van der Waals surface area contributed by atoms with E-state index in [1.807, 2.05) is 24.4 Å². The van der Waals surface area contributed by atoms with E-state index >= 15 is 0 Å². The number of hydrogen-bond acceptors (Lipinski definition) is 4. The number of benzene rings is 1. The lowest BCUT2D eigenvalue weighted by Crippen LogP contribution is -2.37. The maximum Gasteiger partial charge on any atom is 0.272 e. The van der Waals surface area contributed by atoms with E-state index in [-0.39, 0.29) is 11.8 Å². The van der Waals surface area contributed by atoms with Crippen molar-refractivity contribution in [3.8, 4) is 5.75 Å². The molecule has 1 atom stereocenters. The molecular weight excluding hydrogens is 316 g/mol. The largest absolute Gasteiger partial charge is 0.490 e. The molecule has 1 aromatic heterocycles. The molecule has 6 heteroatoms. The first-order valence-electron chi connectivity index (χ1n) is 8.55. The minimum Gasteiger partial charge on any atom is -0.490 e. The Morgan fingerprint density at radius 1 is 1.36 bits per heavy atom. The van der Waals surface area contributed by atoms with Crippen molar-refractivity contribution >= 4 is 28.2 Å². The van der Waals surface area contributed by atoms with Gasteiger partial charge in [-0.15, -0.1) is 0 Å². The van der Waals surface area contributed by atoms with Crippen molar-refractivity contribution in [2.75, 3.05) is 13.7 Å². The summed E-state index contributed by atoms with van der Waals surface area (Å²) < 4.78 is 6.21. The Morgan fingerprint density at radius 2 is 2.24 bits per heavy atom. The van der Waals surface area contributed by atoms with Gasteiger partial charge in [-0.05, 0) is 36.5 Å². The number of imidazole rings is 1. The number of aromatic amines is 1. The van der Waals surface area contributed by atoms with Gasteiger partial charge in [-0.25, -0.2) is 4.98 Å². The smallest absolute Gasteiger partial charge is 0.272 e. The number of H-pyrrole nitrogens is 1. The summed E-state index contributed by atoms with van der Waals surface area (Å²) in [6.07, 6.45) is 9.71. The molecule has 126 valence electrons. The Labute approximate surface area is 144 Å². The molecule has 1 aliphatic carbocycles. The highest BCUT2D eigenvalue weighted by Crippen LogP contribution is 2.41. The van der Waals surface area contributed by atoms with Crippen LogP contribution in [0.1, 0.15) is 18.4 Å². The molecule has 0 bridgehead atoms. The zero-order valence-corrected chi connectivity index (χ0v) is 13.9. The molecule has 1 saturated carbocycles. The Morgan fingerprint density at radius 3 is 3.08 bits per heavy atom. The van der Waals surface area contributed by atoms with Crippen molar-refractivity contribution in [3.63, 3.8) is 0 Å². The van der Waals surface area contributed by atoms with Gasteiger partial charge >= 0.3 is 0 Å². The van der Waals surface area contributed by atoms with Gasteiger partial charge in [0.25, 0.3) is 5.91 Å². The number of carbonyl (C=O) groups is 1. The predicted octanol–water partition coefficient (Wildman–Crippen LogP) is 2.75. The maximum atomic E-state index is 12.3. The molecule has 3 aliphatic rings. The number of amides is 1. The standard InChI is InChI=1S/C19H18N4O2/c1-23-8-14(12-6-7-20-16(12)19(23)24)13-4-5-15-17(22-10-21-15)18(13)25-9-11-2-3-11/h4-8,10-12H,2-3,9H2,1H3,(H,21,22). The number of aromatic nitrogens is 2. The Balaban J connectivity index is 1.65. The van der Waals surface area contributed by atoms with Crippen molar-refractivity contribution in [3.05, 3.63) is 42.5 Å².